The summed E-state index contributed by atoms with van der Waals surface area (Å²) in [6, 6.07) is 2.60. The predicted molar refractivity (Wildman–Crippen MR) is 89.6 cm³/mol. The molecule has 1 spiro atoms. The number of hydrogen-bond donors (Lipinski definition) is 0. The Bertz CT molecular complexity index is 960. The SMILES string of the molecule is Fc1c(Br)ccc2c1OC[C@H](F)C21CN2C=C(C(F)(F)F)C=C(OC(F)F)C2=N1. The summed E-state index contributed by atoms with van der Waals surface area (Å²) in [5, 5.41) is 0. The van der Waals surface area contributed by atoms with Crippen LogP contribution < -0.4 is 4.74 Å². The van der Waals surface area contributed by atoms with Crippen molar-refractivity contribution >= 4 is 21.8 Å². The van der Waals surface area contributed by atoms with Gasteiger partial charge in [-0.15, -0.1) is 0 Å². The van der Waals surface area contributed by atoms with Crippen LogP contribution in [0.2, 0.25) is 0 Å². The Morgan fingerprint density at radius 1 is 1.31 bits per heavy atom. The van der Waals surface area contributed by atoms with Gasteiger partial charge in [-0.3, -0.25) is 0 Å². The molecule has 0 radical (unpaired) electrons. The quantitative estimate of drug-likeness (QED) is 0.562. The topological polar surface area (TPSA) is 34.1 Å². The Kier molecular flexibility index (Phi) is 4.59. The average molecular weight is 487 g/mol. The summed E-state index contributed by atoms with van der Waals surface area (Å²) in [6.07, 6.45) is -5.74. The molecule has 1 aromatic carbocycles. The van der Waals surface area contributed by atoms with Gasteiger partial charge in [-0.2, -0.15) is 22.0 Å². The molecule has 29 heavy (non-hydrogen) atoms. The smallest absolute Gasteiger partial charge is 0.417 e. The Hall–Kier alpha value is -2.24. The van der Waals surface area contributed by atoms with E-state index in [2.05, 4.69) is 25.7 Å². The summed E-state index contributed by atoms with van der Waals surface area (Å²) >= 11 is 2.97. The highest BCUT2D eigenvalue weighted by molar-refractivity contribution is 9.10. The molecular formula is C17H10BrF7N2O2. The maximum atomic E-state index is 15.0. The molecule has 0 N–H and O–H groups in total. The lowest BCUT2D eigenvalue weighted by Crippen LogP contribution is -2.46. The molecule has 1 unspecified atom stereocenters. The highest BCUT2D eigenvalue weighted by atomic mass is 79.9. The zero-order chi connectivity index (χ0) is 21.1. The van der Waals surface area contributed by atoms with Crippen molar-refractivity contribution in [2.45, 2.75) is 24.5 Å². The van der Waals surface area contributed by atoms with Crippen LogP contribution in [0.4, 0.5) is 30.7 Å². The Morgan fingerprint density at radius 3 is 2.69 bits per heavy atom. The van der Waals surface area contributed by atoms with Crippen LogP contribution in [0.5, 0.6) is 5.75 Å². The van der Waals surface area contributed by atoms with Crippen molar-refractivity contribution in [2.24, 2.45) is 4.99 Å². The molecule has 4 rings (SSSR count). The van der Waals surface area contributed by atoms with Crippen molar-refractivity contribution in [3.05, 3.63) is 51.6 Å². The number of allylic oxidation sites excluding steroid dienone is 2. The maximum Gasteiger partial charge on any atom is 0.417 e. The number of ether oxygens (including phenoxy) is 2. The van der Waals surface area contributed by atoms with Gasteiger partial charge in [0.1, 0.15) is 12.1 Å². The zero-order valence-electron chi connectivity index (χ0n) is 14.1. The minimum atomic E-state index is -4.86. The highest BCUT2D eigenvalue weighted by Crippen LogP contribution is 2.49. The summed E-state index contributed by atoms with van der Waals surface area (Å²) in [4.78, 5) is 4.99. The first-order valence-electron chi connectivity index (χ1n) is 8.10. The summed E-state index contributed by atoms with van der Waals surface area (Å²) < 4.78 is 104. The molecule has 0 bridgehead atoms. The number of amidine groups is 1. The molecule has 0 aliphatic carbocycles. The van der Waals surface area contributed by atoms with Crippen molar-refractivity contribution in [1.82, 2.24) is 4.90 Å². The fraction of sp³-hybridized carbons (Fsp3) is 0.353. The molecule has 0 saturated heterocycles. The van der Waals surface area contributed by atoms with E-state index in [1.807, 2.05) is 0 Å². The highest BCUT2D eigenvalue weighted by Gasteiger charge is 2.54. The van der Waals surface area contributed by atoms with E-state index < -0.39 is 60.6 Å². The average Bonchev–Trinajstić information content (AvgIpc) is 3.01. The van der Waals surface area contributed by atoms with Gasteiger partial charge >= 0.3 is 12.8 Å². The number of nitrogens with zero attached hydrogens (tertiary/aromatic N) is 2. The van der Waals surface area contributed by atoms with Gasteiger partial charge in [-0.25, -0.2) is 13.8 Å². The standard InChI is InChI=1S/C17H10BrF7N2O2/c18-9-2-1-8-13(12(9)20)28-5-11(19)16(8)6-27-4-7(17(23,24)25)3-10(14(27)26-16)29-15(21)22/h1-4,11,15H,5-6H2/t11-,16?/m0/s1. The van der Waals surface area contributed by atoms with Gasteiger partial charge < -0.3 is 14.4 Å². The second kappa shape index (κ2) is 6.64. The molecule has 0 aromatic heterocycles. The van der Waals surface area contributed by atoms with E-state index in [1.165, 1.54) is 12.1 Å². The second-order valence-electron chi connectivity index (χ2n) is 6.47. The lowest BCUT2D eigenvalue weighted by molar-refractivity contribution is -0.0981. The largest absolute Gasteiger partial charge is 0.487 e. The molecule has 0 amide bonds. The Morgan fingerprint density at radius 2 is 2.03 bits per heavy atom. The lowest BCUT2D eigenvalue weighted by atomic mass is 9.84. The van der Waals surface area contributed by atoms with Crippen LogP contribution in [0.25, 0.3) is 0 Å². The summed E-state index contributed by atoms with van der Waals surface area (Å²) in [5.41, 5.74) is -3.17. The van der Waals surface area contributed by atoms with Crippen LogP contribution in [0.3, 0.4) is 0 Å². The Balaban J connectivity index is 1.87. The zero-order valence-corrected chi connectivity index (χ0v) is 15.7. The van der Waals surface area contributed by atoms with Gasteiger partial charge in [0.15, 0.2) is 29.3 Å². The third-order valence-corrected chi connectivity index (χ3v) is 5.36. The van der Waals surface area contributed by atoms with Crippen molar-refractivity contribution in [2.75, 3.05) is 13.2 Å². The fourth-order valence-corrected chi connectivity index (χ4v) is 3.78. The van der Waals surface area contributed by atoms with Gasteiger partial charge in [0.25, 0.3) is 0 Å². The minimum Gasteiger partial charge on any atom is -0.487 e. The van der Waals surface area contributed by atoms with Crippen LogP contribution in [-0.4, -0.2) is 42.8 Å². The van der Waals surface area contributed by atoms with Crippen molar-refractivity contribution in [3.63, 3.8) is 0 Å². The lowest BCUT2D eigenvalue weighted by Gasteiger charge is -2.36. The monoisotopic (exact) mass is 486 g/mol. The van der Waals surface area contributed by atoms with Crippen molar-refractivity contribution in [1.29, 1.82) is 0 Å². The Labute approximate surface area is 167 Å². The first-order valence-corrected chi connectivity index (χ1v) is 8.90. The van der Waals surface area contributed by atoms with E-state index >= 15 is 0 Å². The summed E-state index contributed by atoms with van der Waals surface area (Å²) in [7, 11) is 0. The molecule has 3 aliphatic rings. The van der Waals surface area contributed by atoms with Crippen LogP contribution in [0.15, 0.2) is 45.2 Å². The molecular weight excluding hydrogens is 477 g/mol. The fourth-order valence-electron chi connectivity index (χ4n) is 3.47. The number of benzene rings is 1. The maximum absolute atomic E-state index is 15.0. The first kappa shape index (κ1) is 20.0. The van der Waals surface area contributed by atoms with Gasteiger partial charge in [-0.05, 0) is 28.1 Å². The number of fused-ring (bicyclic) bond motifs is 3. The number of halogens is 8. The van der Waals surface area contributed by atoms with Gasteiger partial charge in [0.05, 0.1) is 16.6 Å². The van der Waals surface area contributed by atoms with Crippen molar-refractivity contribution < 1.29 is 40.2 Å². The molecule has 3 heterocycles. The summed E-state index contributed by atoms with van der Waals surface area (Å²) in [5.74, 6) is -2.40. The third kappa shape index (κ3) is 3.17. The molecule has 0 fully saturated rings. The van der Waals surface area contributed by atoms with Gasteiger partial charge in [0.2, 0.25) is 0 Å². The molecule has 3 aliphatic heterocycles. The van der Waals surface area contributed by atoms with E-state index in [4.69, 9.17) is 4.74 Å². The number of aliphatic imine (C=N–C) groups is 1. The van der Waals surface area contributed by atoms with E-state index in [1.54, 1.807) is 0 Å². The molecule has 2 atom stereocenters. The third-order valence-electron chi connectivity index (χ3n) is 4.74. The van der Waals surface area contributed by atoms with E-state index in [-0.39, 0.29) is 15.8 Å². The van der Waals surface area contributed by atoms with Crippen LogP contribution in [-0.2, 0) is 10.3 Å². The van der Waals surface area contributed by atoms with E-state index in [9.17, 15) is 30.7 Å². The summed E-state index contributed by atoms with van der Waals surface area (Å²) in [6.45, 7) is -4.52. The molecule has 1 aromatic rings. The normalized spacial score (nSPS) is 25.9. The number of hydrogen-bond acceptors (Lipinski definition) is 4. The van der Waals surface area contributed by atoms with Crippen LogP contribution in [0, 0.1) is 5.82 Å². The van der Waals surface area contributed by atoms with Gasteiger partial charge in [0, 0.05) is 11.8 Å². The molecule has 12 heteroatoms. The number of rotatable bonds is 2. The van der Waals surface area contributed by atoms with E-state index in [0.29, 0.717) is 12.3 Å². The number of alkyl halides is 6. The second-order valence-corrected chi connectivity index (χ2v) is 7.33. The van der Waals surface area contributed by atoms with Crippen molar-refractivity contribution in [3.8, 4) is 5.75 Å². The first-order chi connectivity index (χ1) is 13.5. The predicted octanol–water partition coefficient (Wildman–Crippen LogP) is 4.81. The van der Waals surface area contributed by atoms with Gasteiger partial charge in [-0.1, -0.05) is 6.07 Å². The molecule has 0 saturated carbocycles. The van der Waals surface area contributed by atoms with E-state index in [0.717, 1.165) is 4.90 Å². The molecule has 4 nitrogen and oxygen atoms in total. The van der Waals surface area contributed by atoms with Crippen LogP contribution >= 0.6 is 15.9 Å². The van der Waals surface area contributed by atoms with Crippen LogP contribution in [0.1, 0.15) is 5.56 Å². The minimum absolute atomic E-state index is 0.0351. The molecule has 156 valence electrons.